The largest absolute Gasteiger partial charge is 0.491 e. The molecule has 5 heteroatoms. The standard InChI is InChI=1S/C19H22N2O3/c1-13(2)24-17-7-5-4-6-15(17)12-20-18(22)19(23)21-16-10-8-14(3)9-11-16/h4-11,13H,12H2,1-3H3,(H,20,22)(H,21,23). The Morgan fingerprint density at radius 2 is 1.67 bits per heavy atom. The topological polar surface area (TPSA) is 67.4 Å². The average molecular weight is 326 g/mol. The van der Waals surface area contributed by atoms with Crippen LogP contribution in [0, 0.1) is 6.92 Å². The summed E-state index contributed by atoms with van der Waals surface area (Å²) in [6, 6.07) is 14.7. The third-order valence-corrected chi connectivity index (χ3v) is 3.29. The van der Waals surface area contributed by atoms with E-state index in [-0.39, 0.29) is 12.6 Å². The Morgan fingerprint density at radius 3 is 2.33 bits per heavy atom. The van der Waals surface area contributed by atoms with Crippen molar-refractivity contribution in [1.29, 1.82) is 0 Å². The zero-order valence-corrected chi connectivity index (χ0v) is 14.1. The van der Waals surface area contributed by atoms with Crippen molar-refractivity contribution in [1.82, 2.24) is 5.32 Å². The number of nitrogens with one attached hydrogen (secondary N) is 2. The normalized spacial score (nSPS) is 10.3. The molecule has 126 valence electrons. The number of anilines is 1. The van der Waals surface area contributed by atoms with Gasteiger partial charge in [-0.1, -0.05) is 35.9 Å². The van der Waals surface area contributed by atoms with Gasteiger partial charge in [0.2, 0.25) is 0 Å². The molecular formula is C19H22N2O3. The fourth-order valence-electron chi connectivity index (χ4n) is 2.10. The molecule has 2 N–H and O–H groups in total. The molecule has 0 unspecified atom stereocenters. The Balaban J connectivity index is 1.93. The summed E-state index contributed by atoms with van der Waals surface area (Å²) in [4.78, 5) is 23.9. The van der Waals surface area contributed by atoms with Crippen LogP contribution >= 0.6 is 0 Å². The molecule has 0 bridgehead atoms. The number of rotatable bonds is 5. The molecule has 5 nitrogen and oxygen atoms in total. The molecule has 0 atom stereocenters. The van der Waals surface area contributed by atoms with Crippen molar-refractivity contribution in [3.63, 3.8) is 0 Å². The van der Waals surface area contributed by atoms with Gasteiger partial charge in [0.25, 0.3) is 0 Å². The summed E-state index contributed by atoms with van der Waals surface area (Å²) in [5, 5.41) is 5.18. The zero-order valence-electron chi connectivity index (χ0n) is 14.1. The van der Waals surface area contributed by atoms with Crippen LogP contribution in [0.25, 0.3) is 0 Å². The molecule has 0 fully saturated rings. The Kier molecular flexibility index (Phi) is 5.95. The Labute approximate surface area is 142 Å². The quantitative estimate of drug-likeness (QED) is 0.830. The van der Waals surface area contributed by atoms with Crippen LogP contribution in [0.5, 0.6) is 5.75 Å². The van der Waals surface area contributed by atoms with Crippen LogP contribution in [0.15, 0.2) is 48.5 Å². The first-order valence-electron chi connectivity index (χ1n) is 7.86. The van der Waals surface area contributed by atoms with Crippen molar-refractivity contribution >= 4 is 17.5 Å². The van der Waals surface area contributed by atoms with Crippen LogP contribution in [0.4, 0.5) is 5.69 Å². The Hall–Kier alpha value is -2.82. The van der Waals surface area contributed by atoms with Gasteiger partial charge in [0, 0.05) is 17.8 Å². The number of para-hydroxylation sites is 1. The van der Waals surface area contributed by atoms with Crippen molar-refractivity contribution in [2.45, 2.75) is 33.4 Å². The minimum Gasteiger partial charge on any atom is -0.491 e. The molecule has 0 saturated heterocycles. The first-order chi connectivity index (χ1) is 11.5. The van der Waals surface area contributed by atoms with Gasteiger partial charge in [-0.25, -0.2) is 0 Å². The average Bonchev–Trinajstić information content (AvgIpc) is 2.55. The number of hydrogen-bond donors (Lipinski definition) is 2. The van der Waals surface area contributed by atoms with Crippen LogP contribution in [0.2, 0.25) is 0 Å². The van der Waals surface area contributed by atoms with Crippen molar-refractivity contribution in [3.8, 4) is 5.75 Å². The molecule has 0 heterocycles. The summed E-state index contributed by atoms with van der Waals surface area (Å²) in [6.45, 7) is 6.05. The van der Waals surface area contributed by atoms with E-state index in [4.69, 9.17) is 4.74 Å². The summed E-state index contributed by atoms with van der Waals surface area (Å²) in [7, 11) is 0. The van der Waals surface area contributed by atoms with Crippen molar-refractivity contribution in [2.24, 2.45) is 0 Å². The monoisotopic (exact) mass is 326 g/mol. The predicted octanol–water partition coefficient (Wildman–Crippen LogP) is 3.04. The lowest BCUT2D eigenvalue weighted by molar-refractivity contribution is -0.136. The predicted molar refractivity (Wildman–Crippen MR) is 93.9 cm³/mol. The third kappa shape index (κ3) is 5.12. The second kappa shape index (κ2) is 8.15. The number of aryl methyl sites for hydroxylation is 1. The van der Waals surface area contributed by atoms with Gasteiger partial charge in [-0.15, -0.1) is 0 Å². The number of ether oxygens (including phenoxy) is 1. The van der Waals surface area contributed by atoms with Gasteiger partial charge >= 0.3 is 11.8 Å². The third-order valence-electron chi connectivity index (χ3n) is 3.29. The first-order valence-corrected chi connectivity index (χ1v) is 7.86. The van der Waals surface area contributed by atoms with Gasteiger partial charge in [0.05, 0.1) is 6.10 Å². The molecule has 0 spiro atoms. The summed E-state index contributed by atoms with van der Waals surface area (Å²) in [5.74, 6) is -0.678. The van der Waals surface area contributed by atoms with Crippen LogP contribution in [-0.4, -0.2) is 17.9 Å². The molecule has 0 aliphatic rings. The molecule has 2 amide bonds. The molecule has 2 rings (SSSR count). The van der Waals surface area contributed by atoms with E-state index in [0.717, 1.165) is 11.1 Å². The van der Waals surface area contributed by atoms with Gasteiger partial charge in [0.1, 0.15) is 5.75 Å². The molecule has 0 aliphatic heterocycles. The highest BCUT2D eigenvalue weighted by Crippen LogP contribution is 2.19. The summed E-state index contributed by atoms with van der Waals surface area (Å²) >= 11 is 0. The van der Waals surface area contributed by atoms with E-state index >= 15 is 0 Å². The molecular weight excluding hydrogens is 304 g/mol. The number of carbonyl (C=O) groups excluding carboxylic acids is 2. The maximum absolute atomic E-state index is 12.0. The second-order valence-electron chi connectivity index (χ2n) is 5.78. The lowest BCUT2D eigenvalue weighted by Crippen LogP contribution is -2.35. The zero-order chi connectivity index (χ0) is 17.5. The van der Waals surface area contributed by atoms with E-state index in [9.17, 15) is 9.59 Å². The van der Waals surface area contributed by atoms with Crippen molar-refractivity contribution in [3.05, 3.63) is 59.7 Å². The van der Waals surface area contributed by atoms with Crippen LogP contribution in [-0.2, 0) is 16.1 Å². The van der Waals surface area contributed by atoms with Gasteiger partial charge in [0.15, 0.2) is 0 Å². The fourth-order valence-corrected chi connectivity index (χ4v) is 2.10. The van der Waals surface area contributed by atoms with Crippen molar-refractivity contribution < 1.29 is 14.3 Å². The number of hydrogen-bond acceptors (Lipinski definition) is 3. The number of benzene rings is 2. The smallest absolute Gasteiger partial charge is 0.313 e. The minimum atomic E-state index is -0.693. The van der Waals surface area contributed by atoms with E-state index in [1.165, 1.54) is 0 Å². The van der Waals surface area contributed by atoms with E-state index < -0.39 is 11.8 Å². The van der Waals surface area contributed by atoms with Gasteiger partial charge in [-0.2, -0.15) is 0 Å². The highest BCUT2D eigenvalue weighted by atomic mass is 16.5. The van der Waals surface area contributed by atoms with E-state index in [2.05, 4.69) is 10.6 Å². The highest BCUT2D eigenvalue weighted by Gasteiger charge is 2.14. The molecule has 2 aromatic rings. The van der Waals surface area contributed by atoms with Crippen LogP contribution < -0.4 is 15.4 Å². The highest BCUT2D eigenvalue weighted by molar-refractivity contribution is 6.39. The van der Waals surface area contributed by atoms with Gasteiger partial charge < -0.3 is 15.4 Å². The minimum absolute atomic E-state index is 0.0340. The lowest BCUT2D eigenvalue weighted by atomic mass is 10.2. The van der Waals surface area contributed by atoms with Crippen molar-refractivity contribution in [2.75, 3.05) is 5.32 Å². The molecule has 0 radical (unpaired) electrons. The molecule has 0 saturated carbocycles. The molecule has 24 heavy (non-hydrogen) atoms. The van der Waals surface area contributed by atoms with E-state index in [1.807, 2.05) is 57.2 Å². The first kappa shape index (κ1) is 17.5. The molecule has 0 aromatic heterocycles. The number of carbonyl (C=O) groups is 2. The summed E-state index contributed by atoms with van der Waals surface area (Å²) < 4.78 is 5.69. The van der Waals surface area contributed by atoms with E-state index in [0.29, 0.717) is 11.4 Å². The van der Waals surface area contributed by atoms with Crippen LogP contribution in [0.1, 0.15) is 25.0 Å². The Morgan fingerprint density at radius 1 is 1.00 bits per heavy atom. The molecule has 2 aromatic carbocycles. The Bertz CT molecular complexity index is 709. The SMILES string of the molecule is Cc1ccc(NC(=O)C(=O)NCc2ccccc2OC(C)C)cc1. The van der Waals surface area contributed by atoms with Crippen LogP contribution in [0.3, 0.4) is 0 Å². The van der Waals surface area contributed by atoms with E-state index in [1.54, 1.807) is 12.1 Å². The van der Waals surface area contributed by atoms with Gasteiger partial charge in [-0.05, 0) is 39.0 Å². The molecule has 0 aliphatic carbocycles. The van der Waals surface area contributed by atoms with Gasteiger partial charge in [-0.3, -0.25) is 9.59 Å². The maximum atomic E-state index is 12.0. The maximum Gasteiger partial charge on any atom is 0.313 e. The summed E-state index contributed by atoms with van der Waals surface area (Å²) in [6.07, 6.45) is 0.0340. The second-order valence-corrected chi connectivity index (χ2v) is 5.78. The number of amides is 2. The fraction of sp³-hybridized carbons (Fsp3) is 0.263. The summed E-state index contributed by atoms with van der Waals surface area (Å²) in [5.41, 5.74) is 2.49. The lowest BCUT2D eigenvalue weighted by Gasteiger charge is -2.14.